The van der Waals surface area contributed by atoms with Crippen LogP contribution in [0.4, 0.5) is 0 Å². The van der Waals surface area contributed by atoms with Gasteiger partial charge >= 0.3 is 0 Å². The summed E-state index contributed by atoms with van der Waals surface area (Å²) in [5.41, 5.74) is 0. The Kier molecular flexibility index (Phi) is 3.75. The Morgan fingerprint density at radius 2 is 1.80 bits per heavy atom. The molecule has 0 bridgehead atoms. The molecule has 2 fully saturated rings. The monoisotopic (exact) mass is 230 g/mol. The van der Waals surface area contributed by atoms with Gasteiger partial charge in [-0.25, -0.2) is 0 Å². The first kappa shape index (κ1) is 11.1. The summed E-state index contributed by atoms with van der Waals surface area (Å²) >= 11 is 0. The van der Waals surface area contributed by atoms with E-state index in [4.69, 9.17) is 0 Å². The molecule has 15 heavy (non-hydrogen) atoms. The molecule has 1 aliphatic carbocycles. The van der Waals surface area contributed by atoms with Crippen LogP contribution in [0.2, 0.25) is 0 Å². The van der Waals surface area contributed by atoms with Crippen LogP contribution in [0.5, 0.6) is 0 Å². The van der Waals surface area contributed by atoms with E-state index in [0.717, 1.165) is 24.3 Å². The highest BCUT2D eigenvalue weighted by Gasteiger charge is 2.23. The van der Waals surface area contributed by atoms with E-state index in [2.05, 4.69) is 10.6 Å². The van der Waals surface area contributed by atoms with Gasteiger partial charge in [-0.05, 0) is 25.7 Å². The molecule has 1 heterocycles. The van der Waals surface area contributed by atoms with Crippen LogP contribution in [0.15, 0.2) is 0 Å². The SMILES string of the molecule is O=C(CNC1CC1)NC1CCS(=O)CC1. The lowest BCUT2D eigenvalue weighted by Crippen LogP contribution is -2.43. The summed E-state index contributed by atoms with van der Waals surface area (Å²) in [6.45, 7) is 0.435. The first-order chi connectivity index (χ1) is 7.24. The molecule has 86 valence electrons. The van der Waals surface area contributed by atoms with Gasteiger partial charge in [0, 0.05) is 34.4 Å². The van der Waals surface area contributed by atoms with Crippen molar-refractivity contribution in [2.24, 2.45) is 0 Å². The molecule has 0 aromatic heterocycles. The smallest absolute Gasteiger partial charge is 0.234 e. The second-order valence-electron chi connectivity index (χ2n) is 4.35. The van der Waals surface area contributed by atoms with E-state index >= 15 is 0 Å². The van der Waals surface area contributed by atoms with E-state index in [1.165, 1.54) is 12.8 Å². The summed E-state index contributed by atoms with van der Waals surface area (Å²) in [4.78, 5) is 11.5. The normalized spacial score (nSPS) is 31.2. The highest BCUT2D eigenvalue weighted by atomic mass is 32.2. The first-order valence-corrected chi connectivity index (χ1v) is 7.10. The molecule has 2 rings (SSSR count). The number of carbonyl (C=O) groups excluding carboxylic acids is 1. The number of hydrogen-bond donors (Lipinski definition) is 2. The molecule has 0 aromatic carbocycles. The van der Waals surface area contributed by atoms with Crippen molar-refractivity contribution in [1.82, 2.24) is 10.6 Å². The Labute approximate surface area is 92.6 Å². The van der Waals surface area contributed by atoms with Gasteiger partial charge in [-0.3, -0.25) is 9.00 Å². The second kappa shape index (κ2) is 5.07. The van der Waals surface area contributed by atoms with Gasteiger partial charge in [0.25, 0.3) is 0 Å². The van der Waals surface area contributed by atoms with E-state index in [0.29, 0.717) is 12.6 Å². The quantitative estimate of drug-likeness (QED) is 0.701. The van der Waals surface area contributed by atoms with Gasteiger partial charge in [0.15, 0.2) is 0 Å². The lowest BCUT2D eigenvalue weighted by Gasteiger charge is -2.22. The van der Waals surface area contributed by atoms with E-state index in [1.54, 1.807) is 0 Å². The number of nitrogens with one attached hydrogen (secondary N) is 2. The van der Waals surface area contributed by atoms with Gasteiger partial charge in [0.2, 0.25) is 5.91 Å². The van der Waals surface area contributed by atoms with E-state index in [-0.39, 0.29) is 11.9 Å². The number of rotatable bonds is 4. The molecule has 0 atom stereocenters. The zero-order valence-corrected chi connectivity index (χ0v) is 9.65. The van der Waals surface area contributed by atoms with E-state index in [1.807, 2.05) is 0 Å². The molecule has 1 aliphatic heterocycles. The molecular weight excluding hydrogens is 212 g/mol. The standard InChI is InChI=1S/C10H18N2O2S/c13-10(7-11-8-1-2-8)12-9-3-5-15(14)6-4-9/h8-9,11H,1-7H2,(H,12,13). The van der Waals surface area contributed by atoms with Crippen molar-refractivity contribution in [2.45, 2.75) is 37.8 Å². The third kappa shape index (κ3) is 3.91. The lowest BCUT2D eigenvalue weighted by molar-refractivity contribution is -0.121. The van der Waals surface area contributed by atoms with Crippen LogP contribution >= 0.6 is 0 Å². The highest BCUT2D eigenvalue weighted by molar-refractivity contribution is 7.85. The molecule has 0 aromatic rings. The Morgan fingerprint density at radius 1 is 1.13 bits per heavy atom. The zero-order valence-electron chi connectivity index (χ0n) is 8.83. The third-order valence-corrected chi connectivity index (χ3v) is 4.26. The molecule has 1 saturated heterocycles. The highest BCUT2D eigenvalue weighted by Crippen LogP contribution is 2.18. The summed E-state index contributed by atoms with van der Waals surface area (Å²) in [6.07, 6.45) is 4.13. The fraction of sp³-hybridized carbons (Fsp3) is 0.900. The van der Waals surface area contributed by atoms with Crippen molar-refractivity contribution in [1.29, 1.82) is 0 Å². The van der Waals surface area contributed by atoms with E-state index < -0.39 is 10.8 Å². The Hall–Kier alpha value is -0.420. The van der Waals surface area contributed by atoms with Crippen LogP contribution < -0.4 is 10.6 Å². The largest absolute Gasteiger partial charge is 0.352 e. The van der Waals surface area contributed by atoms with Gasteiger partial charge in [-0.2, -0.15) is 0 Å². The average molecular weight is 230 g/mol. The lowest BCUT2D eigenvalue weighted by atomic mass is 10.1. The minimum absolute atomic E-state index is 0.0829. The molecule has 5 heteroatoms. The zero-order chi connectivity index (χ0) is 10.7. The Bertz CT molecular complexity index is 256. The van der Waals surface area contributed by atoms with Gasteiger partial charge in [-0.15, -0.1) is 0 Å². The predicted octanol–water partition coefficient (Wildman–Crippen LogP) is -0.234. The topological polar surface area (TPSA) is 58.2 Å². The van der Waals surface area contributed by atoms with Crippen LogP contribution in [0, 0.1) is 0 Å². The molecule has 2 aliphatic rings. The molecular formula is C10H18N2O2S. The van der Waals surface area contributed by atoms with Gasteiger partial charge in [-0.1, -0.05) is 0 Å². The summed E-state index contributed by atoms with van der Waals surface area (Å²) < 4.78 is 11.1. The van der Waals surface area contributed by atoms with Gasteiger partial charge < -0.3 is 10.6 Å². The Balaban J connectivity index is 1.62. The third-order valence-electron chi connectivity index (χ3n) is 2.88. The average Bonchev–Trinajstić information content (AvgIpc) is 3.02. The van der Waals surface area contributed by atoms with Crippen molar-refractivity contribution in [3.63, 3.8) is 0 Å². The maximum Gasteiger partial charge on any atom is 0.234 e. The maximum absolute atomic E-state index is 11.5. The molecule has 1 amide bonds. The van der Waals surface area contributed by atoms with Crippen LogP contribution in [-0.4, -0.2) is 40.3 Å². The first-order valence-electron chi connectivity index (χ1n) is 5.62. The number of hydrogen-bond acceptors (Lipinski definition) is 3. The van der Waals surface area contributed by atoms with Crippen LogP contribution in [0.3, 0.4) is 0 Å². The van der Waals surface area contributed by atoms with Crippen molar-refractivity contribution >= 4 is 16.7 Å². The van der Waals surface area contributed by atoms with Crippen molar-refractivity contribution in [3.8, 4) is 0 Å². The minimum atomic E-state index is -0.644. The van der Waals surface area contributed by atoms with E-state index in [9.17, 15) is 9.00 Å². The number of amides is 1. The second-order valence-corrected chi connectivity index (χ2v) is 6.04. The fourth-order valence-electron chi connectivity index (χ4n) is 1.74. The summed E-state index contributed by atoms with van der Waals surface area (Å²) in [7, 11) is -0.644. The summed E-state index contributed by atoms with van der Waals surface area (Å²) in [5, 5.41) is 6.17. The van der Waals surface area contributed by atoms with Crippen molar-refractivity contribution in [2.75, 3.05) is 18.1 Å². The van der Waals surface area contributed by atoms with Gasteiger partial charge in [0.1, 0.15) is 0 Å². The molecule has 0 spiro atoms. The van der Waals surface area contributed by atoms with Crippen LogP contribution in [-0.2, 0) is 15.6 Å². The molecule has 1 saturated carbocycles. The maximum atomic E-state index is 11.5. The molecule has 2 N–H and O–H groups in total. The summed E-state index contributed by atoms with van der Waals surface area (Å²) in [6, 6.07) is 0.825. The molecule has 0 unspecified atom stereocenters. The minimum Gasteiger partial charge on any atom is -0.352 e. The van der Waals surface area contributed by atoms with Crippen molar-refractivity contribution in [3.05, 3.63) is 0 Å². The molecule has 0 radical (unpaired) electrons. The Morgan fingerprint density at radius 3 is 2.40 bits per heavy atom. The van der Waals surface area contributed by atoms with Gasteiger partial charge in [0.05, 0.1) is 6.54 Å². The van der Waals surface area contributed by atoms with Crippen LogP contribution in [0.25, 0.3) is 0 Å². The summed E-state index contributed by atoms with van der Waals surface area (Å²) in [5.74, 6) is 1.56. The predicted molar refractivity (Wildman–Crippen MR) is 60.1 cm³/mol. The fourth-order valence-corrected chi connectivity index (χ4v) is 3.04. The van der Waals surface area contributed by atoms with Crippen LogP contribution in [0.1, 0.15) is 25.7 Å². The number of carbonyl (C=O) groups is 1. The molecule has 4 nitrogen and oxygen atoms in total. The van der Waals surface area contributed by atoms with Crippen molar-refractivity contribution < 1.29 is 9.00 Å².